The number of likely N-dealkylation sites (N-methyl/N-ethyl adjacent to an activating group) is 1. The third-order valence-corrected chi connectivity index (χ3v) is 2.86. The van der Waals surface area contributed by atoms with Crippen LogP contribution in [0.5, 0.6) is 0 Å². The molecule has 108 valence electrons. The number of benzene rings is 1. The second kappa shape index (κ2) is 8.25. The first-order chi connectivity index (χ1) is 9.02. The number of rotatable bonds is 8. The van der Waals surface area contributed by atoms with E-state index in [0.29, 0.717) is 13.2 Å². The minimum atomic E-state index is -0.142. The maximum Gasteiger partial charge on any atom is 0.127 e. The molecule has 0 aromatic heterocycles. The summed E-state index contributed by atoms with van der Waals surface area (Å²) in [6.45, 7) is 6.86. The molecule has 1 N–H and O–H groups in total. The third-order valence-electron chi connectivity index (χ3n) is 2.86. The second-order valence-corrected chi connectivity index (χ2v) is 5.11. The van der Waals surface area contributed by atoms with Crippen molar-refractivity contribution in [3.8, 4) is 0 Å². The van der Waals surface area contributed by atoms with Crippen LogP contribution >= 0.6 is 0 Å². The summed E-state index contributed by atoms with van der Waals surface area (Å²) in [7, 11) is 3.87. The fraction of sp³-hybridized carbons (Fsp3) is 0.600. The van der Waals surface area contributed by atoms with E-state index in [1.807, 2.05) is 40.1 Å². The standard InChI is InChI=1S/C15H25FN2O/c1-12(2)19-8-7-18(4)11-14-9-13(10-17-3)5-6-15(14)16/h5-6,9,12,17H,7-8,10-11H2,1-4H3. The van der Waals surface area contributed by atoms with E-state index in [2.05, 4.69) is 10.2 Å². The van der Waals surface area contributed by atoms with Gasteiger partial charge in [0.15, 0.2) is 0 Å². The molecule has 19 heavy (non-hydrogen) atoms. The Hall–Kier alpha value is -0.970. The zero-order valence-electron chi connectivity index (χ0n) is 12.4. The highest BCUT2D eigenvalue weighted by Crippen LogP contribution is 2.12. The largest absolute Gasteiger partial charge is 0.377 e. The molecule has 0 bridgehead atoms. The summed E-state index contributed by atoms with van der Waals surface area (Å²) in [5.41, 5.74) is 1.84. The quantitative estimate of drug-likeness (QED) is 0.783. The molecule has 0 heterocycles. The van der Waals surface area contributed by atoms with E-state index in [9.17, 15) is 4.39 Å². The monoisotopic (exact) mass is 268 g/mol. The number of halogens is 1. The number of ether oxygens (including phenoxy) is 1. The first-order valence-electron chi connectivity index (χ1n) is 6.75. The van der Waals surface area contributed by atoms with E-state index in [4.69, 9.17) is 4.74 Å². The van der Waals surface area contributed by atoms with Gasteiger partial charge in [0, 0.05) is 25.2 Å². The number of hydrogen-bond acceptors (Lipinski definition) is 3. The Morgan fingerprint density at radius 3 is 2.74 bits per heavy atom. The molecule has 0 radical (unpaired) electrons. The summed E-state index contributed by atoms with van der Waals surface area (Å²) in [5, 5.41) is 3.07. The average Bonchev–Trinajstić information content (AvgIpc) is 2.33. The molecule has 3 nitrogen and oxygen atoms in total. The molecule has 0 aliphatic heterocycles. The minimum absolute atomic E-state index is 0.142. The molecule has 0 aliphatic carbocycles. The lowest BCUT2D eigenvalue weighted by Crippen LogP contribution is -2.24. The number of nitrogens with one attached hydrogen (secondary N) is 1. The van der Waals surface area contributed by atoms with Gasteiger partial charge in [0.25, 0.3) is 0 Å². The van der Waals surface area contributed by atoms with Crippen LogP contribution in [0.2, 0.25) is 0 Å². The minimum Gasteiger partial charge on any atom is -0.377 e. The average molecular weight is 268 g/mol. The van der Waals surface area contributed by atoms with Gasteiger partial charge in [0.1, 0.15) is 5.82 Å². The van der Waals surface area contributed by atoms with Gasteiger partial charge >= 0.3 is 0 Å². The molecular formula is C15H25FN2O. The van der Waals surface area contributed by atoms with Crippen molar-refractivity contribution in [2.75, 3.05) is 27.2 Å². The van der Waals surface area contributed by atoms with Crippen LogP contribution in [0.3, 0.4) is 0 Å². The molecule has 0 fully saturated rings. The highest BCUT2D eigenvalue weighted by atomic mass is 19.1. The van der Waals surface area contributed by atoms with Gasteiger partial charge in [-0.05, 0) is 39.6 Å². The Morgan fingerprint density at radius 2 is 2.11 bits per heavy atom. The highest BCUT2D eigenvalue weighted by molar-refractivity contribution is 5.25. The number of hydrogen-bond donors (Lipinski definition) is 1. The van der Waals surface area contributed by atoms with E-state index in [-0.39, 0.29) is 11.9 Å². The van der Waals surface area contributed by atoms with Crippen molar-refractivity contribution in [1.82, 2.24) is 10.2 Å². The lowest BCUT2D eigenvalue weighted by atomic mass is 10.1. The second-order valence-electron chi connectivity index (χ2n) is 5.11. The molecule has 1 aromatic carbocycles. The normalized spacial score (nSPS) is 11.5. The third kappa shape index (κ3) is 6.14. The Bertz CT molecular complexity index is 382. The van der Waals surface area contributed by atoms with E-state index < -0.39 is 0 Å². The highest BCUT2D eigenvalue weighted by Gasteiger charge is 2.07. The van der Waals surface area contributed by atoms with Crippen LogP contribution in [-0.2, 0) is 17.8 Å². The van der Waals surface area contributed by atoms with Crippen LogP contribution in [0, 0.1) is 5.82 Å². The van der Waals surface area contributed by atoms with Crippen LogP contribution < -0.4 is 5.32 Å². The Morgan fingerprint density at radius 1 is 1.37 bits per heavy atom. The van der Waals surface area contributed by atoms with Crippen LogP contribution in [0.1, 0.15) is 25.0 Å². The van der Waals surface area contributed by atoms with Gasteiger partial charge in [-0.1, -0.05) is 12.1 Å². The molecule has 0 aliphatic rings. The first kappa shape index (κ1) is 16.1. The van der Waals surface area contributed by atoms with Crippen LogP contribution in [0.4, 0.5) is 4.39 Å². The molecule has 0 atom stereocenters. The molecular weight excluding hydrogens is 243 g/mol. The van der Waals surface area contributed by atoms with E-state index in [0.717, 1.165) is 24.2 Å². The summed E-state index contributed by atoms with van der Waals surface area (Å²) in [6.07, 6.45) is 0.240. The molecule has 0 saturated carbocycles. The smallest absolute Gasteiger partial charge is 0.127 e. The topological polar surface area (TPSA) is 24.5 Å². The Labute approximate surface area is 115 Å². The van der Waals surface area contributed by atoms with Gasteiger partial charge < -0.3 is 10.1 Å². The molecule has 0 spiro atoms. The maximum atomic E-state index is 13.7. The van der Waals surface area contributed by atoms with E-state index >= 15 is 0 Å². The Kier molecular flexibility index (Phi) is 6.99. The van der Waals surface area contributed by atoms with Crippen LogP contribution in [0.25, 0.3) is 0 Å². The molecule has 1 rings (SSSR count). The van der Waals surface area contributed by atoms with E-state index in [1.165, 1.54) is 0 Å². The van der Waals surface area contributed by atoms with Crippen molar-refractivity contribution in [2.45, 2.75) is 33.0 Å². The van der Waals surface area contributed by atoms with Gasteiger partial charge in [-0.2, -0.15) is 0 Å². The zero-order valence-corrected chi connectivity index (χ0v) is 12.4. The van der Waals surface area contributed by atoms with Crippen molar-refractivity contribution in [3.63, 3.8) is 0 Å². The van der Waals surface area contributed by atoms with Gasteiger partial charge in [-0.15, -0.1) is 0 Å². The molecule has 0 unspecified atom stereocenters. The van der Waals surface area contributed by atoms with Crippen molar-refractivity contribution in [3.05, 3.63) is 35.1 Å². The van der Waals surface area contributed by atoms with Crippen molar-refractivity contribution < 1.29 is 9.13 Å². The molecule has 0 amide bonds. The van der Waals surface area contributed by atoms with Gasteiger partial charge in [0.05, 0.1) is 12.7 Å². The summed E-state index contributed by atoms with van der Waals surface area (Å²) in [5.74, 6) is -0.142. The van der Waals surface area contributed by atoms with Gasteiger partial charge in [-0.3, -0.25) is 4.90 Å². The zero-order chi connectivity index (χ0) is 14.3. The lowest BCUT2D eigenvalue weighted by molar-refractivity contribution is 0.0625. The van der Waals surface area contributed by atoms with Crippen LogP contribution in [0.15, 0.2) is 18.2 Å². The fourth-order valence-corrected chi connectivity index (χ4v) is 1.88. The molecule has 4 heteroatoms. The summed E-state index contributed by atoms with van der Waals surface area (Å²) >= 11 is 0. The summed E-state index contributed by atoms with van der Waals surface area (Å²) in [6, 6.07) is 5.28. The fourth-order valence-electron chi connectivity index (χ4n) is 1.88. The predicted molar refractivity (Wildman–Crippen MR) is 76.6 cm³/mol. The summed E-state index contributed by atoms with van der Waals surface area (Å²) < 4.78 is 19.2. The van der Waals surface area contributed by atoms with Crippen molar-refractivity contribution in [2.24, 2.45) is 0 Å². The molecule has 1 aromatic rings. The lowest BCUT2D eigenvalue weighted by Gasteiger charge is -2.18. The van der Waals surface area contributed by atoms with Crippen molar-refractivity contribution in [1.29, 1.82) is 0 Å². The Balaban J connectivity index is 2.52. The van der Waals surface area contributed by atoms with Crippen LogP contribution in [-0.4, -0.2) is 38.3 Å². The SMILES string of the molecule is CNCc1ccc(F)c(CN(C)CCOC(C)C)c1. The van der Waals surface area contributed by atoms with E-state index in [1.54, 1.807) is 6.07 Å². The first-order valence-corrected chi connectivity index (χ1v) is 6.75. The number of nitrogens with zero attached hydrogens (tertiary/aromatic N) is 1. The van der Waals surface area contributed by atoms with Gasteiger partial charge in [-0.25, -0.2) is 4.39 Å². The van der Waals surface area contributed by atoms with Crippen molar-refractivity contribution >= 4 is 0 Å². The van der Waals surface area contributed by atoms with Gasteiger partial charge in [0.2, 0.25) is 0 Å². The predicted octanol–water partition coefficient (Wildman–Crippen LogP) is 2.40. The summed E-state index contributed by atoms with van der Waals surface area (Å²) in [4.78, 5) is 2.07. The maximum absolute atomic E-state index is 13.7. The molecule has 0 saturated heterocycles.